The molecule has 5 nitrogen and oxygen atoms in total. The van der Waals surface area contributed by atoms with Crippen LogP contribution in [0.15, 0.2) is 0 Å². The number of hydrogen-bond acceptors (Lipinski definition) is 5. The number of likely N-dealkylation sites (N-methyl/N-ethyl adjacent to an activating group) is 1. The molecule has 0 amide bonds. The zero-order chi connectivity index (χ0) is 14.4. The van der Waals surface area contributed by atoms with Crippen LogP contribution < -0.4 is 5.32 Å². The highest BCUT2D eigenvalue weighted by atomic mass is 31.2. The smallest absolute Gasteiger partial charge is 0.315 e. The lowest BCUT2D eigenvalue weighted by Crippen LogP contribution is -2.26. The Hall–Kier alpha value is 0.0700. The molecule has 0 heterocycles. The summed E-state index contributed by atoms with van der Waals surface area (Å²) in [7, 11) is -3.54. The van der Waals surface area contributed by atoms with Crippen molar-refractivity contribution in [2.45, 2.75) is 59.7 Å². The van der Waals surface area contributed by atoms with E-state index in [9.17, 15) is 4.57 Å². The maximum absolute atomic E-state index is 12.5. The fourth-order valence-corrected chi connectivity index (χ4v) is 2.95. The van der Waals surface area contributed by atoms with E-state index in [0.717, 1.165) is 6.54 Å². The molecular weight excluding hydrogens is 253 g/mol. The third kappa shape index (κ3) is 10.0. The molecule has 0 radical (unpaired) electrons. The first kappa shape index (κ1) is 18.1. The minimum atomic E-state index is -3.54. The van der Waals surface area contributed by atoms with Crippen molar-refractivity contribution in [2.75, 3.05) is 19.7 Å². The van der Waals surface area contributed by atoms with Gasteiger partial charge in [-0.25, -0.2) is 4.57 Å². The van der Waals surface area contributed by atoms with E-state index in [1.807, 2.05) is 48.5 Å². The van der Waals surface area contributed by atoms with Gasteiger partial charge in [-0.1, -0.05) is 6.92 Å². The van der Waals surface area contributed by atoms with Crippen LogP contribution in [0.5, 0.6) is 0 Å². The Bertz CT molecular complexity index is 261. The highest BCUT2D eigenvalue weighted by molar-refractivity contribution is 7.48. The Labute approximate surface area is 111 Å². The standard InChI is InChI=1S/C12H28NO4P/c1-8-13-9-10-15-18(14,16-11(2,3)4)17-12(5,6)7/h13H,8-10H2,1-7H3. The maximum atomic E-state index is 12.5. The van der Waals surface area contributed by atoms with Gasteiger partial charge in [-0.05, 0) is 48.1 Å². The van der Waals surface area contributed by atoms with Gasteiger partial charge in [-0.3, -0.25) is 13.6 Å². The monoisotopic (exact) mass is 281 g/mol. The lowest BCUT2D eigenvalue weighted by molar-refractivity contribution is 0.00380. The molecule has 1 N–H and O–H groups in total. The van der Waals surface area contributed by atoms with Gasteiger partial charge in [-0.2, -0.15) is 0 Å². The maximum Gasteiger partial charge on any atom is 0.475 e. The van der Waals surface area contributed by atoms with Crippen LogP contribution in [0.3, 0.4) is 0 Å². The van der Waals surface area contributed by atoms with Crippen molar-refractivity contribution >= 4 is 7.82 Å². The van der Waals surface area contributed by atoms with Crippen LogP contribution >= 0.6 is 7.82 Å². The van der Waals surface area contributed by atoms with Gasteiger partial charge >= 0.3 is 7.82 Å². The van der Waals surface area contributed by atoms with Crippen molar-refractivity contribution < 1.29 is 18.1 Å². The summed E-state index contributed by atoms with van der Waals surface area (Å²) in [6.07, 6.45) is 0. The molecule has 0 bridgehead atoms. The van der Waals surface area contributed by atoms with E-state index in [2.05, 4.69) is 5.32 Å². The average molecular weight is 281 g/mol. The molecule has 0 spiro atoms. The van der Waals surface area contributed by atoms with E-state index in [4.69, 9.17) is 13.6 Å². The number of phosphoric acid groups is 1. The van der Waals surface area contributed by atoms with E-state index >= 15 is 0 Å². The number of nitrogens with one attached hydrogen (secondary N) is 1. The van der Waals surface area contributed by atoms with Gasteiger partial charge in [0.1, 0.15) is 0 Å². The Morgan fingerprint density at radius 1 is 1.00 bits per heavy atom. The molecule has 0 unspecified atom stereocenters. The van der Waals surface area contributed by atoms with E-state index in [1.54, 1.807) is 0 Å². The summed E-state index contributed by atoms with van der Waals surface area (Å²) < 4.78 is 28.8. The normalized spacial score (nSPS) is 13.9. The quantitative estimate of drug-likeness (QED) is 0.573. The molecule has 18 heavy (non-hydrogen) atoms. The SMILES string of the molecule is CCNCCOP(=O)(OC(C)(C)C)OC(C)(C)C. The van der Waals surface area contributed by atoms with Crippen LogP contribution in [0.2, 0.25) is 0 Å². The predicted octanol–water partition coefficient (Wildman–Crippen LogP) is 3.35. The van der Waals surface area contributed by atoms with Crippen molar-refractivity contribution in [1.29, 1.82) is 0 Å². The minimum absolute atomic E-state index is 0.289. The second-order valence-electron chi connectivity index (χ2n) is 6.04. The first-order chi connectivity index (χ1) is 7.97. The molecule has 110 valence electrons. The van der Waals surface area contributed by atoms with Gasteiger partial charge in [0.05, 0.1) is 17.8 Å². The van der Waals surface area contributed by atoms with Gasteiger partial charge in [0.25, 0.3) is 0 Å². The van der Waals surface area contributed by atoms with Crippen LogP contribution in [-0.4, -0.2) is 30.9 Å². The Kier molecular flexibility index (Phi) is 7.04. The summed E-state index contributed by atoms with van der Waals surface area (Å²) in [5.74, 6) is 0. The second kappa shape index (κ2) is 7.01. The molecule has 0 aromatic carbocycles. The van der Waals surface area contributed by atoms with Crippen LogP contribution in [0, 0.1) is 0 Å². The molecule has 0 aromatic heterocycles. The van der Waals surface area contributed by atoms with Gasteiger partial charge in [-0.15, -0.1) is 0 Å². The Morgan fingerprint density at radius 3 is 1.78 bits per heavy atom. The summed E-state index contributed by atoms with van der Waals surface area (Å²) in [6, 6.07) is 0. The van der Waals surface area contributed by atoms with Gasteiger partial charge < -0.3 is 5.32 Å². The molecule has 0 aliphatic rings. The van der Waals surface area contributed by atoms with E-state index in [0.29, 0.717) is 6.54 Å². The number of hydrogen-bond donors (Lipinski definition) is 1. The highest BCUT2D eigenvalue weighted by Gasteiger charge is 2.36. The van der Waals surface area contributed by atoms with Crippen LogP contribution in [0.1, 0.15) is 48.5 Å². The first-order valence-electron chi connectivity index (χ1n) is 6.34. The summed E-state index contributed by atoms with van der Waals surface area (Å²) in [5, 5.41) is 3.09. The average Bonchev–Trinajstić information content (AvgIpc) is 2.05. The third-order valence-electron chi connectivity index (χ3n) is 1.55. The molecule has 0 saturated carbocycles. The zero-order valence-electron chi connectivity index (χ0n) is 12.7. The fourth-order valence-electron chi connectivity index (χ4n) is 1.15. The number of rotatable bonds is 7. The molecule has 0 atom stereocenters. The topological polar surface area (TPSA) is 56.8 Å². The molecule has 0 aromatic rings. The van der Waals surface area contributed by atoms with Gasteiger partial charge in [0, 0.05) is 6.54 Å². The third-order valence-corrected chi connectivity index (χ3v) is 3.59. The molecule has 0 saturated heterocycles. The van der Waals surface area contributed by atoms with Crippen molar-refractivity contribution in [3.8, 4) is 0 Å². The summed E-state index contributed by atoms with van der Waals surface area (Å²) in [6.45, 7) is 14.7. The lowest BCUT2D eigenvalue weighted by atomic mass is 10.2. The largest absolute Gasteiger partial charge is 0.475 e. The summed E-state index contributed by atoms with van der Waals surface area (Å²) in [4.78, 5) is 0. The molecule has 6 heteroatoms. The van der Waals surface area contributed by atoms with Crippen molar-refractivity contribution in [3.63, 3.8) is 0 Å². The predicted molar refractivity (Wildman–Crippen MR) is 73.8 cm³/mol. The van der Waals surface area contributed by atoms with Gasteiger partial charge in [0.2, 0.25) is 0 Å². The van der Waals surface area contributed by atoms with Crippen LogP contribution in [-0.2, 0) is 18.1 Å². The molecule has 0 aliphatic carbocycles. The van der Waals surface area contributed by atoms with E-state index in [1.165, 1.54) is 0 Å². The second-order valence-corrected chi connectivity index (χ2v) is 7.56. The van der Waals surface area contributed by atoms with E-state index < -0.39 is 19.0 Å². The fraction of sp³-hybridized carbons (Fsp3) is 1.00. The Balaban J connectivity index is 4.56. The molecule has 0 rings (SSSR count). The van der Waals surface area contributed by atoms with Crippen molar-refractivity contribution in [3.05, 3.63) is 0 Å². The lowest BCUT2D eigenvalue weighted by Gasteiger charge is -2.30. The van der Waals surface area contributed by atoms with E-state index in [-0.39, 0.29) is 6.61 Å². The van der Waals surface area contributed by atoms with Gasteiger partial charge in [0.15, 0.2) is 0 Å². The van der Waals surface area contributed by atoms with Crippen LogP contribution in [0.25, 0.3) is 0 Å². The highest BCUT2D eigenvalue weighted by Crippen LogP contribution is 2.55. The zero-order valence-corrected chi connectivity index (χ0v) is 13.6. The summed E-state index contributed by atoms with van der Waals surface area (Å²) in [5.41, 5.74) is -1.17. The minimum Gasteiger partial charge on any atom is -0.315 e. The molecular formula is C12H28NO4P. The summed E-state index contributed by atoms with van der Waals surface area (Å²) >= 11 is 0. The molecule has 0 aliphatic heterocycles. The Morgan fingerprint density at radius 2 is 1.44 bits per heavy atom. The van der Waals surface area contributed by atoms with Crippen LogP contribution in [0.4, 0.5) is 0 Å². The first-order valence-corrected chi connectivity index (χ1v) is 7.80. The molecule has 0 fully saturated rings. The van der Waals surface area contributed by atoms with Crippen molar-refractivity contribution in [1.82, 2.24) is 5.32 Å². The number of phosphoric ester groups is 1. The van der Waals surface area contributed by atoms with Crippen molar-refractivity contribution in [2.24, 2.45) is 0 Å².